The summed E-state index contributed by atoms with van der Waals surface area (Å²) in [5.41, 5.74) is 5.30. The number of hydrogen-bond acceptors (Lipinski definition) is 2. The molecule has 0 saturated carbocycles. The van der Waals surface area contributed by atoms with E-state index in [1.165, 1.54) is 6.07 Å². The van der Waals surface area contributed by atoms with Crippen LogP contribution in [0.4, 0.5) is 13.2 Å². The number of nitrogens with one attached hydrogen (secondary N) is 1. The van der Waals surface area contributed by atoms with E-state index >= 15 is 0 Å². The number of H-pyrrole nitrogens is 1. The Morgan fingerprint density at radius 1 is 1.33 bits per heavy atom. The number of carbonyl (C=O) groups is 1. The quantitative estimate of drug-likeness (QED) is 0.656. The van der Waals surface area contributed by atoms with Gasteiger partial charge in [0, 0.05) is 13.0 Å². The minimum Gasteiger partial charge on any atom is -0.370 e. The van der Waals surface area contributed by atoms with E-state index in [2.05, 4.69) is 4.98 Å². The van der Waals surface area contributed by atoms with E-state index in [0.717, 1.165) is 12.1 Å². The number of amides is 1. The van der Waals surface area contributed by atoms with Crippen LogP contribution in [0.15, 0.2) is 18.2 Å². The summed E-state index contributed by atoms with van der Waals surface area (Å²) >= 11 is 5.13. The Labute approximate surface area is 123 Å². The van der Waals surface area contributed by atoms with Crippen molar-refractivity contribution >= 4 is 29.2 Å². The predicted octanol–water partition coefficient (Wildman–Crippen LogP) is 3.37. The van der Waals surface area contributed by atoms with Gasteiger partial charge in [0.2, 0.25) is 5.91 Å². The second-order valence-corrected chi connectivity index (χ2v) is 5.12. The van der Waals surface area contributed by atoms with E-state index in [9.17, 15) is 18.0 Å². The average Bonchev–Trinajstić information content (AvgIpc) is 2.68. The van der Waals surface area contributed by atoms with E-state index in [1.807, 2.05) is 0 Å². The Morgan fingerprint density at radius 2 is 2.05 bits per heavy atom. The molecule has 0 bridgehead atoms. The number of hydrogen-bond donors (Lipinski definition) is 2. The fourth-order valence-electron chi connectivity index (χ4n) is 2.13. The molecule has 8 heteroatoms. The van der Waals surface area contributed by atoms with Gasteiger partial charge < -0.3 is 15.3 Å². The summed E-state index contributed by atoms with van der Waals surface area (Å²) in [4.78, 5) is 13.4. The Morgan fingerprint density at radius 3 is 2.67 bits per heavy atom. The molecule has 1 amide bonds. The molecule has 0 atom stereocenters. The van der Waals surface area contributed by atoms with Crippen molar-refractivity contribution in [2.45, 2.75) is 32.0 Å². The molecule has 0 aliphatic carbocycles. The van der Waals surface area contributed by atoms with Gasteiger partial charge in [-0.3, -0.25) is 4.79 Å². The molecule has 0 saturated heterocycles. The van der Waals surface area contributed by atoms with Crippen LogP contribution in [-0.2, 0) is 17.5 Å². The van der Waals surface area contributed by atoms with Gasteiger partial charge in [0.15, 0.2) is 4.77 Å². The number of rotatable bonds is 5. The van der Waals surface area contributed by atoms with Crippen molar-refractivity contribution in [1.82, 2.24) is 9.55 Å². The van der Waals surface area contributed by atoms with Crippen LogP contribution in [0.2, 0.25) is 0 Å². The lowest BCUT2D eigenvalue weighted by Gasteiger charge is -2.07. The number of fused-ring (bicyclic) bond motifs is 1. The summed E-state index contributed by atoms with van der Waals surface area (Å²) in [6.45, 7) is 0.525. The lowest BCUT2D eigenvalue weighted by atomic mass is 10.2. The molecule has 3 N–H and O–H groups in total. The molecule has 1 aromatic carbocycles. The third-order valence-corrected chi connectivity index (χ3v) is 3.48. The molecule has 0 fully saturated rings. The van der Waals surface area contributed by atoms with Gasteiger partial charge >= 0.3 is 6.18 Å². The Kier molecular flexibility index (Phi) is 4.36. The summed E-state index contributed by atoms with van der Waals surface area (Å²) in [5, 5.41) is 0. The maximum atomic E-state index is 12.7. The van der Waals surface area contributed by atoms with Crippen molar-refractivity contribution in [2.24, 2.45) is 5.73 Å². The van der Waals surface area contributed by atoms with Crippen LogP contribution < -0.4 is 5.73 Å². The smallest absolute Gasteiger partial charge is 0.370 e. The van der Waals surface area contributed by atoms with Crippen LogP contribution in [0.25, 0.3) is 11.0 Å². The maximum absolute atomic E-state index is 12.7. The topological polar surface area (TPSA) is 63.8 Å². The summed E-state index contributed by atoms with van der Waals surface area (Å²) in [5.74, 6) is -0.368. The van der Waals surface area contributed by atoms with Gasteiger partial charge in [-0.25, -0.2) is 0 Å². The highest BCUT2D eigenvalue weighted by Gasteiger charge is 2.30. The second kappa shape index (κ2) is 5.88. The van der Waals surface area contributed by atoms with Gasteiger partial charge in [0.25, 0.3) is 0 Å². The predicted molar refractivity (Wildman–Crippen MR) is 75.2 cm³/mol. The number of carbonyl (C=O) groups excluding carboxylic acids is 1. The summed E-state index contributed by atoms with van der Waals surface area (Å²) in [6.07, 6.45) is -2.81. The number of halogens is 3. The minimum atomic E-state index is -4.38. The zero-order chi connectivity index (χ0) is 15.6. The van der Waals surface area contributed by atoms with Crippen LogP contribution in [0.1, 0.15) is 24.8 Å². The van der Waals surface area contributed by atoms with E-state index in [1.54, 1.807) is 4.57 Å². The molecule has 0 radical (unpaired) electrons. The first-order valence-corrected chi connectivity index (χ1v) is 6.78. The Hall–Kier alpha value is -1.83. The number of aryl methyl sites for hydroxylation is 1. The largest absolute Gasteiger partial charge is 0.416 e. The van der Waals surface area contributed by atoms with Gasteiger partial charge in [0.1, 0.15) is 0 Å². The number of alkyl halides is 3. The molecule has 1 aromatic heterocycles. The summed E-state index contributed by atoms with van der Waals surface area (Å²) in [6, 6.07) is 3.48. The number of aromatic amines is 1. The van der Waals surface area contributed by atoms with E-state index < -0.39 is 11.7 Å². The molecular weight excluding hydrogens is 303 g/mol. The monoisotopic (exact) mass is 317 g/mol. The lowest BCUT2D eigenvalue weighted by molar-refractivity contribution is -0.137. The standard InChI is InChI=1S/C13H14F3N3OS/c14-13(15,16)8-4-5-10-9(7-8)18-12(21)19(10)6-2-1-3-11(17)20/h4-5,7H,1-3,6H2,(H2,17,20)(H,18,21). The van der Waals surface area contributed by atoms with Crippen molar-refractivity contribution in [3.05, 3.63) is 28.5 Å². The van der Waals surface area contributed by atoms with E-state index in [0.29, 0.717) is 35.2 Å². The number of unbranched alkanes of at least 4 members (excludes halogenated alkanes) is 1. The summed E-state index contributed by atoms with van der Waals surface area (Å²) in [7, 11) is 0. The first-order chi connectivity index (χ1) is 9.79. The zero-order valence-electron chi connectivity index (χ0n) is 11.0. The molecule has 0 aliphatic heterocycles. The van der Waals surface area contributed by atoms with Crippen molar-refractivity contribution in [2.75, 3.05) is 0 Å². The molecule has 114 valence electrons. The van der Waals surface area contributed by atoms with Crippen molar-refractivity contribution in [3.8, 4) is 0 Å². The molecule has 2 rings (SSSR count). The minimum absolute atomic E-state index is 0.286. The highest BCUT2D eigenvalue weighted by atomic mass is 32.1. The SMILES string of the molecule is NC(=O)CCCCn1c(=S)[nH]c2cc(C(F)(F)F)ccc21. The number of imidazole rings is 1. The number of nitrogens with two attached hydrogens (primary N) is 1. The van der Waals surface area contributed by atoms with Crippen molar-refractivity contribution in [1.29, 1.82) is 0 Å². The molecule has 1 heterocycles. The van der Waals surface area contributed by atoms with Gasteiger partial charge in [-0.15, -0.1) is 0 Å². The molecule has 0 spiro atoms. The Balaban J connectivity index is 2.23. The molecule has 21 heavy (non-hydrogen) atoms. The van der Waals surface area contributed by atoms with Gasteiger partial charge in [-0.05, 0) is 43.3 Å². The maximum Gasteiger partial charge on any atom is 0.416 e. The normalized spacial score (nSPS) is 12.0. The van der Waals surface area contributed by atoms with E-state index in [-0.39, 0.29) is 12.3 Å². The lowest BCUT2D eigenvalue weighted by Crippen LogP contribution is -2.10. The molecule has 4 nitrogen and oxygen atoms in total. The Bertz CT molecular complexity index is 718. The van der Waals surface area contributed by atoms with Crippen LogP contribution >= 0.6 is 12.2 Å². The zero-order valence-corrected chi connectivity index (χ0v) is 11.9. The van der Waals surface area contributed by atoms with Crippen molar-refractivity contribution in [3.63, 3.8) is 0 Å². The van der Waals surface area contributed by atoms with Crippen LogP contribution in [0.5, 0.6) is 0 Å². The highest BCUT2D eigenvalue weighted by molar-refractivity contribution is 7.71. The third kappa shape index (κ3) is 3.63. The van der Waals surface area contributed by atoms with E-state index in [4.69, 9.17) is 18.0 Å². The van der Waals surface area contributed by atoms with Crippen LogP contribution in [0.3, 0.4) is 0 Å². The molecule has 0 aliphatic rings. The van der Waals surface area contributed by atoms with Gasteiger partial charge in [0.05, 0.1) is 16.6 Å². The average molecular weight is 317 g/mol. The fraction of sp³-hybridized carbons (Fsp3) is 0.385. The fourth-order valence-corrected chi connectivity index (χ4v) is 2.43. The molecule has 0 unspecified atom stereocenters. The third-order valence-electron chi connectivity index (χ3n) is 3.16. The van der Waals surface area contributed by atoms with Gasteiger partial charge in [-0.2, -0.15) is 13.2 Å². The number of benzene rings is 1. The number of primary amides is 1. The highest BCUT2D eigenvalue weighted by Crippen LogP contribution is 2.31. The molecule has 2 aromatic rings. The first-order valence-electron chi connectivity index (χ1n) is 6.37. The van der Waals surface area contributed by atoms with Crippen molar-refractivity contribution < 1.29 is 18.0 Å². The van der Waals surface area contributed by atoms with Gasteiger partial charge in [-0.1, -0.05) is 0 Å². The van der Waals surface area contributed by atoms with Crippen LogP contribution in [0, 0.1) is 4.77 Å². The molecular formula is C13H14F3N3OS. The number of nitrogens with zero attached hydrogens (tertiary/aromatic N) is 1. The van der Waals surface area contributed by atoms with Crippen LogP contribution in [-0.4, -0.2) is 15.5 Å². The second-order valence-electron chi connectivity index (χ2n) is 4.73. The first kappa shape index (κ1) is 15.6. The number of aromatic nitrogens is 2. The summed E-state index contributed by atoms with van der Waals surface area (Å²) < 4.78 is 40.1.